The molecule has 0 spiro atoms. The minimum Gasteiger partial charge on any atom is -0.366 e. The van der Waals surface area contributed by atoms with Gasteiger partial charge in [0, 0.05) is 17.0 Å². The summed E-state index contributed by atoms with van der Waals surface area (Å²) < 4.78 is 0.905. The molecule has 2 aliphatic rings. The Morgan fingerprint density at radius 3 is 1.95 bits per heavy atom. The zero-order valence-corrected chi connectivity index (χ0v) is 14.0. The van der Waals surface area contributed by atoms with Gasteiger partial charge >= 0.3 is 0 Å². The van der Waals surface area contributed by atoms with Crippen molar-refractivity contribution in [2.45, 2.75) is 76.4 Å². The van der Waals surface area contributed by atoms with Crippen LogP contribution in [0.2, 0.25) is 0 Å². The van der Waals surface area contributed by atoms with E-state index in [1.165, 1.54) is 44.9 Å². The monoisotopic (exact) mass is 316 g/mol. The zero-order chi connectivity index (χ0) is 14.6. The van der Waals surface area contributed by atoms with Gasteiger partial charge in [0.2, 0.25) is 0 Å². The lowest BCUT2D eigenvalue weighted by Crippen LogP contribution is -2.33. The van der Waals surface area contributed by atoms with Gasteiger partial charge in [0.1, 0.15) is 0 Å². The summed E-state index contributed by atoms with van der Waals surface area (Å²) in [6.07, 6.45) is 12.1. The van der Waals surface area contributed by atoms with Crippen LogP contribution in [0.25, 0.3) is 0 Å². The van der Waals surface area contributed by atoms with Gasteiger partial charge in [0.25, 0.3) is 0 Å². The van der Waals surface area contributed by atoms with Crippen LogP contribution in [-0.2, 0) is 0 Å². The second-order valence-electron chi connectivity index (χ2n) is 6.91. The van der Waals surface area contributed by atoms with Crippen LogP contribution in [0.4, 0.5) is 0 Å². The molecule has 0 bridgehead atoms. The summed E-state index contributed by atoms with van der Waals surface area (Å²) in [7, 11) is 0. The molecule has 0 heterocycles. The van der Waals surface area contributed by atoms with Crippen LogP contribution >= 0.6 is 24.8 Å². The molecule has 0 saturated heterocycles. The molecule has 2 fully saturated rings. The van der Waals surface area contributed by atoms with Gasteiger partial charge in [-0.05, 0) is 56.3 Å². The molecule has 2 N–H and O–H groups in total. The molecule has 0 aliphatic heterocycles. The SMILES string of the molecule is OC1(O)CCC(CCCC2CCC(C(=S)S)CC2)CC1. The molecule has 2 aliphatic carbocycles. The Morgan fingerprint density at radius 2 is 1.45 bits per heavy atom. The third kappa shape index (κ3) is 5.28. The fourth-order valence-electron chi connectivity index (χ4n) is 3.82. The highest BCUT2D eigenvalue weighted by molar-refractivity contribution is 8.11. The van der Waals surface area contributed by atoms with Gasteiger partial charge in [-0.25, -0.2) is 0 Å². The normalized spacial score (nSPS) is 31.1. The first-order valence-electron chi connectivity index (χ1n) is 8.14. The van der Waals surface area contributed by atoms with Crippen molar-refractivity contribution < 1.29 is 10.2 Å². The molecule has 116 valence electrons. The molecule has 0 radical (unpaired) electrons. The van der Waals surface area contributed by atoms with Crippen LogP contribution < -0.4 is 0 Å². The standard InChI is InChI=1S/C16H28O2S2/c17-16(18)10-8-13(9-11-16)3-1-2-12-4-6-14(7-5-12)15(19)20/h12-14,17-18H,1-11H2,(H,19,20). The Labute approximate surface area is 133 Å². The fraction of sp³-hybridized carbons (Fsp3) is 0.938. The largest absolute Gasteiger partial charge is 0.366 e. The quantitative estimate of drug-likeness (QED) is 0.406. The predicted molar refractivity (Wildman–Crippen MR) is 90.0 cm³/mol. The number of hydrogen-bond donors (Lipinski definition) is 3. The molecule has 2 nitrogen and oxygen atoms in total. The van der Waals surface area contributed by atoms with E-state index in [0.717, 1.165) is 23.0 Å². The summed E-state index contributed by atoms with van der Waals surface area (Å²) in [4.78, 5) is 0. The highest BCUT2D eigenvalue weighted by atomic mass is 32.1. The Bertz CT molecular complexity index is 312. The predicted octanol–water partition coefficient (Wildman–Crippen LogP) is 4.09. The Hall–Kier alpha value is 0.360. The van der Waals surface area contributed by atoms with Crippen LogP contribution in [0.3, 0.4) is 0 Å². The van der Waals surface area contributed by atoms with E-state index >= 15 is 0 Å². The second-order valence-corrected chi connectivity index (χ2v) is 8.14. The maximum Gasteiger partial charge on any atom is 0.162 e. The number of hydrogen-bond acceptors (Lipinski definition) is 3. The van der Waals surface area contributed by atoms with Gasteiger partial charge in [0.15, 0.2) is 5.79 Å². The summed E-state index contributed by atoms with van der Waals surface area (Å²) in [5.41, 5.74) is 0. The van der Waals surface area contributed by atoms with E-state index in [1.807, 2.05) is 0 Å². The first-order valence-corrected chi connectivity index (χ1v) is 8.99. The van der Waals surface area contributed by atoms with Crippen LogP contribution in [0, 0.1) is 17.8 Å². The topological polar surface area (TPSA) is 40.5 Å². The Kier molecular flexibility index (Phi) is 6.33. The molecule has 0 atom stereocenters. The number of thiocarbonyl (C=S) groups is 1. The highest BCUT2D eigenvalue weighted by Crippen LogP contribution is 2.36. The van der Waals surface area contributed by atoms with Crippen LogP contribution in [0.15, 0.2) is 0 Å². The summed E-state index contributed by atoms with van der Waals surface area (Å²) in [6, 6.07) is 0. The number of rotatable bonds is 5. The molecule has 0 aromatic rings. The molecule has 2 saturated carbocycles. The maximum absolute atomic E-state index is 9.53. The van der Waals surface area contributed by atoms with E-state index in [4.69, 9.17) is 12.2 Å². The van der Waals surface area contributed by atoms with E-state index in [2.05, 4.69) is 12.6 Å². The molecule has 0 aromatic heterocycles. The van der Waals surface area contributed by atoms with Gasteiger partial charge in [-0.2, -0.15) is 0 Å². The molecule has 20 heavy (non-hydrogen) atoms. The molecular weight excluding hydrogens is 288 g/mol. The molecule has 2 rings (SSSR count). The van der Waals surface area contributed by atoms with Gasteiger partial charge in [-0.3, -0.25) is 0 Å². The van der Waals surface area contributed by atoms with E-state index < -0.39 is 5.79 Å². The molecule has 0 aromatic carbocycles. The van der Waals surface area contributed by atoms with Crippen molar-refractivity contribution in [1.29, 1.82) is 0 Å². The smallest absolute Gasteiger partial charge is 0.162 e. The summed E-state index contributed by atoms with van der Waals surface area (Å²) in [6.45, 7) is 0. The summed E-state index contributed by atoms with van der Waals surface area (Å²) in [5, 5.41) is 19.1. The van der Waals surface area contributed by atoms with E-state index in [1.54, 1.807) is 0 Å². The van der Waals surface area contributed by atoms with Crippen molar-refractivity contribution >= 4 is 29.0 Å². The Balaban J connectivity index is 1.57. The van der Waals surface area contributed by atoms with Crippen molar-refractivity contribution in [3.05, 3.63) is 0 Å². The molecule has 0 unspecified atom stereocenters. The minimum absolute atomic E-state index is 0.558. The second kappa shape index (κ2) is 7.57. The van der Waals surface area contributed by atoms with Crippen LogP contribution in [0.1, 0.15) is 70.6 Å². The van der Waals surface area contributed by atoms with Crippen molar-refractivity contribution in [2.75, 3.05) is 0 Å². The Morgan fingerprint density at radius 1 is 0.950 bits per heavy atom. The van der Waals surface area contributed by atoms with E-state index in [9.17, 15) is 10.2 Å². The summed E-state index contributed by atoms with van der Waals surface area (Å²) in [5.74, 6) is 0.793. The molecule has 4 heteroatoms. The van der Waals surface area contributed by atoms with E-state index in [0.29, 0.717) is 24.7 Å². The van der Waals surface area contributed by atoms with Gasteiger partial charge in [-0.15, -0.1) is 12.6 Å². The lowest BCUT2D eigenvalue weighted by Gasteiger charge is -2.32. The maximum atomic E-state index is 9.53. The zero-order valence-electron chi connectivity index (χ0n) is 12.3. The fourth-order valence-corrected chi connectivity index (χ4v) is 4.32. The van der Waals surface area contributed by atoms with Crippen molar-refractivity contribution in [2.24, 2.45) is 17.8 Å². The average Bonchev–Trinajstić information content (AvgIpc) is 2.41. The van der Waals surface area contributed by atoms with Crippen molar-refractivity contribution in [3.63, 3.8) is 0 Å². The minimum atomic E-state index is -1.37. The highest BCUT2D eigenvalue weighted by Gasteiger charge is 2.30. The first-order chi connectivity index (χ1) is 9.46. The van der Waals surface area contributed by atoms with Crippen LogP contribution in [0.5, 0.6) is 0 Å². The van der Waals surface area contributed by atoms with Crippen molar-refractivity contribution in [3.8, 4) is 0 Å². The molecule has 0 amide bonds. The van der Waals surface area contributed by atoms with Gasteiger partial charge < -0.3 is 10.2 Å². The van der Waals surface area contributed by atoms with E-state index in [-0.39, 0.29) is 0 Å². The third-order valence-corrected chi connectivity index (χ3v) is 6.03. The molecular formula is C16H28O2S2. The lowest BCUT2D eigenvalue weighted by molar-refractivity contribution is -0.186. The third-order valence-electron chi connectivity index (χ3n) is 5.33. The number of thiol groups is 1. The van der Waals surface area contributed by atoms with Crippen LogP contribution in [-0.4, -0.2) is 20.2 Å². The lowest BCUT2D eigenvalue weighted by atomic mass is 9.78. The van der Waals surface area contributed by atoms with Gasteiger partial charge in [-0.1, -0.05) is 31.5 Å². The number of aliphatic hydroxyl groups is 2. The van der Waals surface area contributed by atoms with Gasteiger partial charge in [0.05, 0.1) is 0 Å². The summed E-state index contributed by atoms with van der Waals surface area (Å²) >= 11 is 9.48. The van der Waals surface area contributed by atoms with Crippen molar-refractivity contribution in [1.82, 2.24) is 0 Å². The average molecular weight is 317 g/mol. The first kappa shape index (κ1) is 16.7.